The second kappa shape index (κ2) is 8.19. The van der Waals surface area contributed by atoms with Crippen molar-refractivity contribution in [3.05, 3.63) is 28.8 Å². The largest absolute Gasteiger partial charge is 0.497 e. The number of rotatable bonds is 3. The van der Waals surface area contributed by atoms with E-state index in [9.17, 15) is 9.90 Å². The highest BCUT2D eigenvalue weighted by atomic mass is 35.5. The molecule has 4 atom stereocenters. The van der Waals surface area contributed by atoms with Gasteiger partial charge in [-0.05, 0) is 49.9 Å². The van der Waals surface area contributed by atoms with Crippen LogP contribution in [0.1, 0.15) is 23.2 Å². The minimum Gasteiger partial charge on any atom is -0.497 e. The van der Waals surface area contributed by atoms with Gasteiger partial charge in [-0.15, -0.1) is 0 Å². The minimum atomic E-state index is -0.305. The number of carbonyl (C=O) groups excluding carboxylic acids is 1. The van der Waals surface area contributed by atoms with Crippen LogP contribution < -0.4 is 4.74 Å². The number of likely N-dealkylation sites (tertiary alicyclic amines) is 1. The molecular weight excluding hydrogens is 378 g/mol. The number of benzene rings is 1. The topological polar surface area (TPSA) is 56.2 Å². The zero-order chi connectivity index (χ0) is 19.8. The fourth-order valence-corrected chi connectivity index (χ4v) is 5.28. The van der Waals surface area contributed by atoms with E-state index >= 15 is 0 Å². The van der Waals surface area contributed by atoms with E-state index in [2.05, 4.69) is 16.8 Å². The minimum absolute atomic E-state index is 0.0380. The van der Waals surface area contributed by atoms with Crippen LogP contribution in [0.25, 0.3) is 0 Å². The molecule has 3 aliphatic rings. The van der Waals surface area contributed by atoms with Crippen LogP contribution in [-0.2, 0) is 0 Å². The summed E-state index contributed by atoms with van der Waals surface area (Å²) < 4.78 is 5.25. The van der Waals surface area contributed by atoms with E-state index in [1.165, 1.54) is 0 Å². The number of ether oxygens (including phenoxy) is 1. The van der Waals surface area contributed by atoms with Gasteiger partial charge in [0.15, 0.2) is 0 Å². The van der Waals surface area contributed by atoms with Crippen LogP contribution in [0.2, 0.25) is 5.02 Å². The van der Waals surface area contributed by atoms with Crippen LogP contribution in [-0.4, -0.2) is 91.3 Å². The van der Waals surface area contributed by atoms with E-state index < -0.39 is 0 Å². The van der Waals surface area contributed by atoms with Gasteiger partial charge in [-0.1, -0.05) is 11.6 Å². The first kappa shape index (κ1) is 20.0. The summed E-state index contributed by atoms with van der Waals surface area (Å²) in [5.74, 6) is 1.41. The predicted molar refractivity (Wildman–Crippen MR) is 109 cm³/mol. The summed E-state index contributed by atoms with van der Waals surface area (Å²) in [5.41, 5.74) is 0.496. The van der Waals surface area contributed by atoms with Gasteiger partial charge in [-0.3, -0.25) is 9.69 Å². The molecule has 1 amide bonds. The van der Waals surface area contributed by atoms with Crippen LogP contribution >= 0.6 is 11.6 Å². The van der Waals surface area contributed by atoms with Crippen molar-refractivity contribution in [1.82, 2.24) is 14.7 Å². The average molecular weight is 408 g/mol. The molecule has 0 bridgehead atoms. The van der Waals surface area contributed by atoms with Crippen molar-refractivity contribution in [3.63, 3.8) is 0 Å². The number of aliphatic hydroxyl groups is 1. The van der Waals surface area contributed by atoms with Gasteiger partial charge in [0.05, 0.1) is 23.8 Å². The van der Waals surface area contributed by atoms with E-state index in [1.807, 2.05) is 4.90 Å². The Balaban J connectivity index is 1.44. The molecule has 0 radical (unpaired) electrons. The second-order valence-corrected chi connectivity index (χ2v) is 8.93. The molecule has 2 heterocycles. The summed E-state index contributed by atoms with van der Waals surface area (Å²) in [7, 11) is 3.73. The lowest BCUT2D eigenvalue weighted by Gasteiger charge is -2.44. The molecule has 2 aliphatic heterocycles. The summed E-state index contributed by atoms with van der Waals surface area (Å²) in [6.45, 7) is 5.57. The highest BCUT2D eigenvalue weighted by molar-refractivity contribution is 6.33. The van der Waals surface area contributed by atoms with E-state index in [0.717, 1.165) is 45.6 Å². The molecule has 28 heavy (non-hydrogen) atoms. The van der Waals surface area contributed by atoms with Crippen molar-refractivity contribution in [2.45, 2.75) is 25.0 Å². The Bertz CT molecular complexity index is 723. The van der Waals surface area contributed by atoms with Crippen molar-refractivity contribution >= 4 is 17.5 Å². The molecule has 2 saturated heterocycles. The maximum absolute atomic E-state index is 13.1. The summed E-state index contributed by atoms with van der Waals surface area (Å²) >= 11 is 6.29. The van der Waals surface area contributed by atoms with Crippen molar-refractivity contribution in [2.24, 2.45) is 11.8 Å². The van der Waals surface area contributed by atoms with Crippen LogP contribution in [0, 0.1) is 11.8 Å². The number of amides is 1. The molecule has 154 valence electrons. The molecule has 1 N–H and O–H groups in total. The first-order valence-electron chi connectivity index (χ1n) is 10.2. The third-order valence-electron chi connectivity index (χ3n) is 6.81. The number of piperazine rings is 1. The van der Waals surface area contributed by atoms with Gasteiger partial charge >= 0.3 is 0 Å². The monoisotopic (exact) mass is 407 g/mol. The van der Waals surface area contributed by atoms with Crippen LogP contribution in [0.5, 0.6) is 5.75 Å². The lowest BCUT2D eigenvalue weighted by molar-refractivity contribution is -0.0249. The number of hydrogen-bond acceptors (Lipinski definition) is 5. The fourth-order valence-electron chi connectivity index (χ4n) is 5.08. The number of likely N-dealkylation sites (N-methyl/N-ethyl adjacent to an activating group) is 1. The predicted octanol–water partition coefficient (Wildman–Crippen LogP) is 1.81. The van der Waals surface area contributed by atoms with Crippen molar-refractivity contribution < 1.29 is 14.6 Å². The highest BCUT2D eigenvalue weighted by Crippen LogP contribution is 2.39. The number of methoxy groups -OCH3 is 1. The van der Waals surface area contributed by atoms with Gasteiger partial charge in [0.1, 0.15) is 5.75 Å². The standard InChI is InChI=1S/C21H30ClN3O3/c1-23-5-7-24(8-6-23)19-9-14-12-25(13-15(14)10-20(19)26)21(27)17-11-16(28-2)3-4-18(17)22/h3-4,11,14-15,19-20,26H,5-10,12-13H2,1-2H3/t14-,15+,19-,20-/m1/s1. The molecule has 6 nitrogen and oxygen atoms in total. The molecule has 0 aromatic heterocycles. The molecule has 1 aromatic rings. The number of nitrogens with zero attached hydrogens (tertiary/aromatic N) is 3. The normalized spacial score (nSPS) is 31.6. The maximum Gasteiger partial charge on any atom is 0.255 e. The number of aliphatic hydroxyl groups excluding tert-OH is 1. The van der Waals surface area contributed by atoms with Crippen LogP contribution in [0.4, 0.5) is 0 Å². The van der Waals surface area contributed by atoms with E-state index in [4.69, 9.17) is 16.3 Å². The Morgan fingerprint density at radius 2 is 1.82 bits per heavy atom. The summed E-state index contributed by atoms with van der Waals surface area (Å²) in [6.07, 6.45) is 1.43. The zero-order valence-electron chi connectivity index (χ0n) is 16.7. The molecule has 1 aliphatic carbocycles. The zero-order valence-corrected chi connectivity index (χ0v) is 17.4. The van der Waals surface area contributed by atoms with Crippen molar-refractivity contribution in [2.75, 3.05) is 53.4 Å². The van der Waals surface area contributed by atoms with E-state index in [-0.39, 0.29) is 18.1 Å². The van der Waals surface area contributed by atoms with E-state index in [1.54, 1.807) is 25.3 Å². The molecule has 1 saturated carbocycles. The van der Waals surface area contributed by atoms with Gasteiger partial charge < -0.3 is 19.6 Å². The smallest absolute Gasteiger partial charge is 0.255 e. The number of halogens is 1. The fraction of sp³-hybridized carbons (Fsp3) is 0.667. The number of hydrogen-bond donors (Lipinski definition) is 1. The van der Waals surface area contributed by atoms with Gasteiger partial charge in [-0.2, -0.15) is 0 Å². The quantitative estimate of drug-likeness (QED) is 0.828. The Hall–Kier alpha value is -1.34. The Morgan fingerprint density at radius 3 is 2.50 bits per heavy atom. The maximum atomic E-state index is 13.1. The molecule has 0 unspecified atom stereocenters. The molecule has 1 aromatic carbocycles. The van der Waals surface area contributed by atoms with Gasteiger partial charge in [0.2, 0.25) is 0 Å². The lowest BCUT2D eigenvalue weighted by atomic mass is 9.77. The molecule has 4 rings (SSSR count). The molecule has 7 heteroatoms. The van der Waals surface area contributed by atoms with Gasteiger partial charge in [-0.25, -0.2) is 0 Å². The average Bonchev–Trinajstić information content (AvgIpc) is 3.11. The molecule has 0 spiro atoms. The summed E-state index contributed by atoms with van der Waals surface area (Å²) in [4.78, 5) is 19.8. The van der Waals surface area contributed by atoms with Crippen molar-refractivity contribution in [3.8, 4) is 5.75 Å². The van der Waals surface area contributed by atoms with Crippen LogP contribution in [0.15, 0.2) is 18.2 Å². The Labute approximate surface area is 172 Å². The van der Waals surface area contributed by atoms with Crippen molar-refractivity contribution in [1.29, 1.82) is 0 Å². The highest BCUT2D eigenvalue weighted by Gasteiger charge is 2.45. The Kier molecular flexibility index (Phi) is 5.83. The van der Waals surface area contributed by atoms with Gasteiger partial charge in [0, 0.05) is 45.3 Å². The van der Waals surface area contributed by atoms with E-state index in [0.29, 0.717) is 34.7 Å². The first-order valence-corrected chi connectivity index (χ1v) is 10.6. The lowest BCUT2D eigenvalue weighted by Crippen LogP contribution is -2.55. The Morgan fingerprint density at radius 1 is 1.14 bits per heavy atom. The number of carbonyl (C=O) groups is 1. The van der Waals surface area contributed by atoms with Gasteiger partial charge in [0.25, 0.3) is 5.91 Å². The second-order valence-electron chi connectivity index (χ2n) is 8.52. The van der Waals surface area contributed by atoms with Crippen LogP contribution in [0.3, 0.4) is 0 Å². The summed E-state index contributed by atoms with van der Waals surface area (Å²) in [5, 5.41) is 11.2. The SMILES string of the molecule is COc1ccc(Cl)c(C(=O)N2C[C@H]3C[C@@H](N4CCN(C)CC4)[C@H](O)C[C@H]3C2)c1. The number of fused-ring (bicyclic) bond motifs is 1. The first-order chi connectivity index (χ1) is 13.5. The molecular formula is C21H30ClN3O3. The third kappa shape index (κ3) is 3.88. The summed E-state index contributed by atoms with van der Waals surface area (Å²) in [6, 6.07) is 5.41. The molecule has 3 fully saturated rings. The third-order valence-corrected chi connectivity index (χ3v) is 7.14.